The van der Waals surface area contributed by atoms with Crippen molar-refractivity contribution in [3.8, 4) is 11.5 Å². The van der Waals surface area contributed by atoms with E-state index in [1.165, 1.54) is 5.56 Å². The zero-order valence-corrected chi connectivity index (χ0v) is 16.0. The Labute approximate surface area is 163 Å². The van der Waals surface area contributed by atoms with Gasteiger partial charge in [-0.05, 0) is 73.2 Å². The van der Waals surface area contributed by atoms with Gasteiger partial charge in [0, 0.05) is 24.1 Å². The Morgan fingerprint density at radius 2 is 1.75 bits per heavy atom. The van der Waals surface area contributed by atoms with Crippen LogP contribution in [0, 0.1) is 0 Å². The van der Waals surface area contributed by atoms with Crippen LogP contribution in [0.25, 0.3) is 11.0 Å². The normalized spacial score (nSPS) is 15.9. The molecule has 0 saturated carbocycles. The van der Waals surface area contributed by atoms with Crippen LogP contribution in [-0.2, 0) is 13.0 Å². The number of phenols is 2. The summed E-state index contributed by atoms with van der Waals surface area (Å²) in [4.78, 5) is 14.4. The summed E-state index contributed by atoms with van der Waals surface area (Å²) >= 11 is 0. The molecule has 2 aromatic carbocycles. The Morgan fingerprint density at radius 3 is 2.43 bits per heavy atom. The van der Waals surface area contributed by atoms with Crippen LogP contribution >= 0.6 is 0 Å². The largest absolute Gasteiger partial charge is 0.508 e. The SMILES string of the molecule is CCc1cc2c(CN3CCC(c4ccc(O)cc4)CC3)cc(=O)oc2cc1O. The van der Waals surface area contributed by atoms with Crippen LogP contribution in [0.4, 0.5) is 0 Å². The molecule has 1 aromatic heterocycles. The molecular formula is C23H25NO4. The number of hydrogen-bond donors (Lipinski definition) is 2. The lowest BCUT2D eigenvalue weighted by molar-refractivity contribution is 0.205. The van der Waals surface area contributed by atoms with Gasteiger partial charge in [0.2, 0.25) is 0 Å². The van der Waals surface area contributed by atoms with Crippen LogP contribution < -0.4 is 5.63 Å². The summed E-state index contributed by atoms with van der Waals surface area (Å²) in [5, 5.41) is 20.4. The highest BCUT2D eigenvalue weighted by atomic mass is 16.4. The maximum Gasteiger partial charge on any atom is 0.336 e. The predicted molar refractivity (Wildman–Crippen MR) is 109 cm³/mol. The van der Waals surface area contributed by atoms with Gasteiger partial charge in [-0.25, -0.2) is 4.79 Å². The average molecular weight is 379 g/mol. The van der Waals surface area contributed by atoms with Crippen LogP contribution in [0.2, 0.25) is 0 Å². The van der Waals surface area contributed by atoms with Gasteiger partial charge in [-0.15, -0.1) is 0 Å². The summed E-state index contributed by atoms with van der Waals surface area (Å²) in [7, 11) is 0. The van der Waals surface area contributed by atoms with Gasteiger partial charge in [0.05, 0.1) is 0 Å². The first-order chi connectivity index (χ1) is 13.5. The molecule has 0 spiro atoms. The molecule has 5 heteroatoms. The molecule has 0 bridgehead atoms. The second-order valence-corrected chi connectivity index (χ2v) is 7.56. The van der Waals surface area contributed by atoms with E-state index in [4.69, 9.17) is 4.42 Å². The molecule has 5 nitrogen and oxygen atoms in total. The molecule has 1 aliphatic heterocycles. The maximum absolute atomic E-state index is 12.0. The number of aromatic hydroxyl groups is 2. The zero-order chi connectivity index (χ0) is 19.7. The van der Waals surface area contributed by atoms with Crippen LogP contribution in [0.1, 0.15) is 42.4 Å². The highest BCUT2D eigenvalue weighted by Crippen LogP contribution is 2.31. The Bertz CT molecular complexity index is 1030. The van der Waals surface area contributed by atoms with E-state index in [2.05, 4.69) is 4.90 Å². The molecule has 0 amide bonds. The van der Waals surface area contributed by atoms with Gasteiger partial charge in [-0.2, -0.15) is 0 Å². The molecule has 146 valence electrons. The third-order valence-corrected chi connectivity index (χ3v) is 5.76. The summed E-state index contributed by atoms with van der Waals surface area (Å²) in [6, 6.07) is 12.6. The smallest absolute Gasteiger partial charge is 0.336 e. The zero-order valence-electron chi connectivity index (χ0n) is 16.0. The minimum atomic E-state index is -0.384. The first-order valence-electron chi connectivity index (χ1n) is 9.83. The lowest BCUT2D eigenvalue weighted by Gasteiger charge is -2.32. The minimum absolute atomic E-state index is 0.171. The third-order valence-electron chi connectivity index (χ3n) is 5.76. The maximum atomic E-state index is 12.0. The third kappa shape index (κ3) is 3.76. The second-order valence-electron chi connectivity index (χ2n) is 7.56. The van der Waals surface area contributed by atoms with Gasteiger partial charge < -0.3 is 14.6 Å². The van der Waals surface area contributed by atoms with Crippen molar-refractivity contribution in [2.75, 3.05) is 13.1 Å². The van der Waals surface area contributed by atoms with E-state index < -0.39 is 0 Å². The van der Waals surface area contributed by atoms with Gasteiger partial charge >= 0.3 is 5.63 Å². The number of hydrogen-bond acceptors (Lipinski definition) is 5. The number of rotatable bonds is 4. The molecule has 2 N–H and O–H groups in total. The molecule has 0 unspecified atom stereocenters. The molecule has 4 rings (SSSR count). The second kappa shape index (κ2) is 7.68. The molecule has 3 aromatic rings. The number of likely N-dealkylation sites (tertiary alicyclic amines) is 1. The lowest BCUT2D eigenvalue weighted by Crippen LogP contribution is -2.32. The first-order valence-corrected chi connectivity index (χ1v) is 9.83. The van der Waals surface area contributed by atoms with Crippen LogP contribution in [-0.4, -0.2) is 28.2 Å². The van der Waals surface area contributed by atoms with Crippen LogP contribution in [0.5, 0.6) is 11.5 Å². The number of fused-ring (bicyclic) bond motifs is 1. The van der Waals surface area contributed by atoms with Gasteiger partial charge in [0.1, 0.15) is 17.1 Å². The summed E-state index contributed by atoms with van der Waals surface area (Å²) in [6.45, 7) is 4.59. The van der Waals surface area contributed by atoms with Crippen molar-refractivity contribution in [1.82, 2.24) is 4.90 Å². The quantitative estimate of drug-likeness (QED) is 0.666. The summed E-state index contributed by atoms with van der Waals surface area (Å²) in [6.07, 6.45) is 2.81. The fourth-order valence-corrected chi connectivity index (χ4v) is 4.13. The van der Waals surface area contributed by atoms with Gasteiger partial charge in [0.15, 0.2) is 0 Å². The van der Waals surface area contributed by atoms with Crippen molar-refractivity contribution in [3.05, 3.63) is 69.6 Å². The van der Waals surface area contributed by atoms with Crippen molar-refractivity contribution in [2.24, 2.45) is 0 Å². The monoisotopic (exact) mass is 379 g/mol. The van der Waals surface area contributed by atoms with E-state index in [9.17, 15) is 15.0 Å². The van der Waals surface area contributed by atoms with E-state index in [-0.39, 0.29) is 11.4 Å². The molecule has 0 radical (unpaired) electrons. The molecule has 0 atom stereocenters. The van der Waals surface area contributed by atoms with Gasteiger partial charge in [-0.3, -0.25) is 4.90 Å². The predicted octanol–water partition coefficient (Wildman–Crippen LogP) is 4.15. The summed E-state index contributed by atoms with van der Waals surface area (Å²) < 4.78 is 5.30. The fraction of sp³-hybridized carbons (Fsp3) is 0.348. The average Bonchev–Trinajstić information content (AvgIpc) is 2.68. The van der Waals surface area contributed by atoms with Crippen LogP contribution in [0.15, 0.2) is 51.7 Å². The van der Waals surface area contributed by atoms with E-state index in [1.807, 2.05) is 25.1 Å². The Kier molecular flexibility index (Phi) is 5.09. The molecular weight excluding hydrogens is 354 g/mol. The van der Waals surface area contributed by atoms with E-state index in [1.54, 1.807) is 24.3 Å². The van der Waals surface area contributed by atoms with Crippen molar-refractivity contribution in [1.29, 1.82) is 0 Å². The molecule has 1 saturated heterocycles. The Morgan fingerprint density at radius 1 is 1.04 bits per heavy atom. The minimum Gasteiger partial charge on any atom is -0.508 e. The Balaban J connectivity index is 1.52. The highest BCUT2D eigenvalue weighted by Gasteiger charge is 2.22. The molecule has 1 aliphatic rings. The van der Waals surface area contributed by atoms with Crippen molar-refractivity contribution >= 4 is 11.0 Å². The van der Waals surface area contributed by atoms with E-state index >= 15 is 0 Å². The first kappa shape index (κ1) is 18.6. The van der Waals surface area contributed by atoms with E-state index in [0.29, 0.717) is 23.8 Å². The highest BCUT2D eigenvalue weighted by molar-refractivity contribution is 5.82. The molecule has 1 fully saturated rings. The fourth-order valence-electron chi connectivity index (χ4n) is 4.13. The molecule has 2 heterocycles. The van der Waals surface area contributed by atoms with Crippen molar-refractivity contribution in [3.63, 3.8) is 0 Å². The van der Waals surface area contributed by atoms with Gasteiger partial charge in [0.25, 0.3) is 0 Å². The standard InChI is InChI=1S/C23H25NO4/c1-2-15-11-20-18(12-23(27)28-22(20)13-21(15)26)14-24-9-7-17(8-10-24)16-3-5-19(25)6-4-16/h3-6,11-13,17,25-26H,2,7-10,14H2,1H3. The summed E-state index contributed by atoms with van der Waals surface area (Å²) in [5.41, 5.74) is 3.13. The topological polar surface area (TPSA) is 73.9 Å². The molecule has 28 heavy (non-hydrogen) atoms. The van der Waals surface area contributed by atoms with Crippen molar-refractivity contribution in [2.45, 2.75) is 38.6 Å². The van der Waals surface area contributed by atoms with Crippen molar-refractivity contribution < 1.29 is 14.6 Å². The number of aryl methyl sites for hydroxylation is 1. The number of piperidine rings is 1. The van der Waals surface area contributed by atoms with Gasteiger partial charge in [-0.1, -0.05) is 19.1 Å². The Hall–Kier alpha value is -2.79. The van der Waals surface area contributed by atoms with E-state index in [0.717, 1.165) is 48.9 Å². The number of phenolic OH excluding ortho intramolecular Hbond substituents is 2. The number of benzene rings is 2. The van der Waals surface area contributed by atoms with Crippen LogP contribution in [0.3, 0.4) is 0 Å². The molecule has 0 aliphatic carbocycles. The lowest BCUT2D eigenvalue weighted by atomic mass is 9.89. The number of nitrogens with zero attached hydrogens (tertiary/aromatic N) is 1. The summed E-state index contributed by atoms with van der Waals surface area (Å²) in [5.74, 6) is 0.969.